The first-order chi connectivity index (χ1) is 7.49. The van der Waals surface area contributed by atoms with Crippen molar-refractivity contribution in [1.29, 1.82) is 0 Å². The minimum atomic E-state index is 0.572. The van der Waals surface area contributed by atoms with Crippen LogP contribution in [0.1, 0.15) is 12.5 Å². The Balaban J connectivity index is 2.56. The normalized spacial score (nSPS) is 9.69. The molecule has 1 rings (SSSR count). The summed E-state index contributed by atoms with van der Waals surface area (Å²) in [7, 11) is 0. The minimum Gasteiger partial charge on any atom is -0.359 e. The van der Waals surface area contributed by atoms with Gasteiger partial charge in [-0.05, 0) is 43.8 Å². The molecule has 0 amide bonds. The fourth-order valence-corrected chi connectivity index (χ4v) is 1.45. The Morgan fingerprint density at radius 1 is 1.50 bits per heavy atom. The van der Waals surface area contributed by atoms with Crippen LogP contribution in [0.5, 0.6) is 0 Å². The zero-order valence-corrected chi connectivity index (χ0v) is 11.0. The first-order valence-corrected chi connectivity index (χ1v) is 5.73. The van der Waals surface area contributed by atoms with Gasteiger partial charge in [0.2, 0.25) is 0 Å². The molecule has 0 atom stereocenters. The molecule has 1 aromatic carbocycles. The van der Waals surface area contributed by atoms with Crippen molar-refractivity contribution in [1.82, 2.24) is 5.32 Å². The van der Waals surface area contributed by atoms with Crippen molar-refractivity contribution in [3.8, 4) is 0 Å². The van der Waals surface area contributed by atoms with E-state index in [0.29, 0.717) is 11.7 Å². The smallest absolute Gasteiger partial charge is 0.171 e. The Kier molecular flexibility index (Phi) is 4.77. The molecule has 0 aliphatic rings. The number of hydrogen-bond acceptors (Lipinski definition) is 1. The number of benzene rings is 1. The molecule has 2 N–H and O–H groups in total. The van der Waals surface area contributed by atoms with Gasteiger partial charge in [-0.25, -0.2) is 0 Å². The first-order valence-electron chi connectivity index (χ1n) is 4.94. The molecule has 86 valence electrons. The summed E-state index contributed by atoms with van der Waals surface area (Å²) in [5.74, 6) is 0. The lowest BCUT2D eigenvalue weighted by Crippen LogP contribution is -2.29. The Morgan fingerprint density at radius 2 is 2.19 bits per heavy atom. The number of aryl methyl sites for hydroxylation is 1. The van der Waals surface area contributed by atoms with Crippen LogP contribution in [0.3, 0.4) is 0 Å². The van der Waals surface area contributed by atoms with E-state index >= 15 is 0 Å². The van der Waals surface area contributed by atoms with E-state index < -0.39 is 0 Å². The van der Waals surface area contributed by atoms with E-state index in [9.17, 15) is 0 Å². The Bertz CT molecular complexity index is 415. The number of anilines is 1. The molecule has 0 radical (unpaired) electrons. The molecule has 0 heterocycles. The van der Waals surface area contributed by atoms with Gasteiger partial charge in [-0.2, -0.15) is 0 Å². The molecule has 0 saturated heterocycles. The van der Waals surface area contributed by atoms with Gasteiger partial charge in [0.1, 0.15) is 0 Å². The second-order valence-electron chi connectivity index (χ2n) is 3.73. The van der Waals surface area contributed by atoms with Gasteiger partial charge >= 0.3 is 0 Å². The van der Waals surface area contributed by atoms with Crippen LogP contribution in [-0.4, -0.2) is 11.7 Å². The fourth-order valence-electron chi connectivity index (χ4n) is 1.08. The molecule has 4 heteroatoms. The lowest BCUT2D eigenvalue weighted by atomic mass is 10.2. The van der Waals surface area contributed by atoms with Crippen LogP contribution in [0, 0.1) is 6.92 Å². The van der Waals surface area contributed by atoms with Crippen molar-refractivity contribution < 1.29 is 0 Å². The molecular weight excluding hydrogens is 240 g/mol. The van der Waals surface area contributed by atoms with Crippen LogP contribution in [0.2, 0.25) is 5.02 Å². The second-order valence-corrected chi connectivity index (χ2v) is 4.54. The van der Waals surface area contributed by atoms with Crippen molar-refractivity contribution in [2.24, 2.45) is 0 Å². The van der Waals surface area contributed by atoms with Crippen molar-refractivity contribution >= 4 is 34.6 Å². The molecule has 0 spiro atoms. The van der Waals surface area contributed by atoms with E-state index in [0.717, 1.165) is 21.8 Å². The van der Waals surface area contributed by atoms with E-state index in [-0.39, 0.29) is 0 Å². The zero-order valence-electron chi connectivity index (χ0n) is 9.43. The summed E-state index contributed by atoms with van der Waals surface area (Å²) >= 11 is 11.1. The molecule has 0 aromatic heterocycles. The zero-order chi connectivity index (χ0) is 12.1. The van der Waals surface area contributed by atoms with Crippen molar-refractivity contribution in [3.05, 3.63) is 40.9 Å². The predicted octanol–water partition coefficient (Wildman–Crippen LogP) is 3.51. The van der Waals surface area contributed by atoms with Gasteiger partial charge in [0.15, 0.2) is 5.11 Å². The Morgan fingerprint density at radius 3 is 2.75 bits per heavy atom. The molecule has 0 saturated carbocycles. The molecular formula is C12H15ClN2S. The van der Waals surface area contributed by atoms with Crippen LogP contribution in [-0.2, 0) is 0 Å². The molecule has 16 heavy (non-hydrogen) atoms. The third kappa shape index (κ3) is 4.21. The maximum Gasteiger partial charge on any atom is 0.171 e. The maximum atomic E-state index is 6.01. The van der Waals surface area contributed by atoms with Gasteiger partial charge in [-0.15, -0.1) is 0 Å². The molecule has 0 unspecified atom stereocenters. The molecule has 0 bridgehead atoms. The van der Waals surface area contributed by atoms with E-state index in [1.54, 1.807) is 0 Å². The summed E-state index contributed by atoms with van der Waals surface area (Å²) < 4.78 is 0. The van der Waals surface area contributed by atoms with Crippen LogP contribution in [0.4, 0.5) is 5.69 Å². The van der Waals surface area contributed by atoms with E-state index in [2.05, 4.69) is 17.2 Å². The SMILES string of the molecule is C=C(C)CNC(=S)Nc1ccc(C)c(Cl)c1. The average molecular weight is 255 g/mol. The highest BCUT2D eigenvalue weighted by Gasteiger charge is 2.00. The van der Waals surface area contributed by atoms with Crippen molar-refractivity contribution in [2.75, 3.05) is 11.9 Å². The second kappa shape index (κ2) is 5.87. The molecule has 0 aliphatic heterocycles. The van der Waals surface area contributed by atoms with E-state index in [1.807, 2.05) is 32.0 Å². The Labute approximate surface area is 107 Å². The highest BCUT2D eigenvalue weighted by molar-refractivity contribution is 7.80. The van der Waals surface area contributed by atoms with Gasteiger partial charge in [-0.3, -0.25) is 0 Å². The lowest BCUT2D eigenvalue weighted by molar-refractivity contribution is 1.000. The van der Waals surface area contributed by atoms with Gasteiger partial charge in [0, 0.05) is 17.3 Å². The summed E-state index contributed by atoms with van der Waals surface area (Å²) in [5.41, 5.74) is 2.97. The summed E-state index contributed by atoms with van der Waals surface area (Å²) in [4.78, 5) is 0. The van der Waals surface area contributed by atoms with Gasteiger partial charge < -0.3 is 10.6 Å². The molecule has 0 fully saturated rings. The van der Waals surface area contributed by atoms with E-state index in [1.165, 1.54) is 0 Å². The number of halogens is 1. The molecule has 2 nitrogen and oxygen atoms in total. The van der Waals surface area contributed by atoms with Gasteiger partial charge in [-0.1, -0.05) is 29.8 Å². The molecule has 0 aliphatic carbocycles. The first kappa shape index (κ1) is 13.0. The minimum absolute atomic E-state index is 0.572. The summed E-state index contributed by atoms with van der Waals surface area (Å²) in [6.07, 6.45) is 0. The molecule has 1 aromatic rings. The largest absolute Gasteiger partial charge is 0.359 e. The number of rotatable bonds is 3. The van der Waals surface area contributed by atoms with E-state index in [4.69, 9.17) is 23.8 Å². The summed E-state index contributed by atoms with van der Waals surface area (Å²) in [5, 5.41) is 7.40. The quantitative estimate of drug-likeness (QED) is 0.638. The summed E-state index contributed by atoms with van der Waals surface area (Å²) in [6, 6.07) is 5.74. The monoisotopic (exact) mass is 254 g/mol. The standard InChI is InChI=1S/C12H15ClN2S/c1-8(2)7-14-12(16)15-10-5-4-9(3)11(13)6-10/h4-6H,1,7H2,2-3H3,(H2,14,15,16). The lowest BCUT2D eigenvalue weighted by Gasteiger charge is -2.11. The number of thiocarbonyl (C=S) groups is 1. The highest BCUT2D eigenvalue weighted by atomic mass is 35.5. The highest BCUT2D eigenvalue weighted by Crippen LogP contribution is 2.19. The predicted molar refractivity (Wildman–Crippen MR) is 75.2 cm³/mol. The summed E-state index contributed by atoms with van der Waals surface area (Å²) in [6.45, 7) is 8.37. The number of hydrogen-bond donors (Lipinski definition) is 2. The van der Waals surface area contributed by atoms with Crippen LogP contribution < -0.4 is 10.6 Å². The van der Waals surface area contributed by atoms with Crippen LogP contribution in [0.15, 0.2) is 30.4 Å². The third-order valence-electron chi connectivity index (χ3n) is 1.98. The maximum absolute atomic E-state index is 6.01. The average Bonchev–Trinajstić information content (AvgIpc) is 2.21. The van der Waals surface area contributed by atoms with Gasteiger partial charge in [0.25, 0.3) is 0 Å². The Hall–Kier alpha value is -1.06. The topological polar surface area (TPSA) is 24.1 Å². The van der Waals surface area contributed by atoms with Gasteiger partial charge in [0.05, 0.1) is 0 Å². The third-order valence-corrected chi connectivity index (χ3v) is 2.63. The van der Waals surface area contributed by atoms with Crippen LogP contribution >= 0.6 is 23.8 Å². The number of nitrogens with one attached hydrogen (secondary N) is 2. The van der Waals surface area contributed by atoms with Crippen molar-refractivity contribution in [3.63, 3.8) is 0 Å². The fraction of sp³-hybridized carbons (Fsp3) is 0.250. The van der Waals surface area contributed by atoms with Crippen molar-refractivity contribution in [2.45, 2.75) is 13.8 Å². The van der Waals surface area contributed by atoms with Crippen LogP contribution in [0.25, 0.3) is 0 Å².